The first-order valence-corrected chi connectivity index (χ1v) is 11.5. The highest BCUT2D eigenvalue weighted by Gasteiger charge is 2.49. The lowest BCUT2D eigenvalue weighted by Gasteiger charge is -2.44. The zero-order valence-corrected chi connectivity index (χ0v) is 18.5. The Morgan fingerprint density at radius 2 is 2.00 bits per heavy atom. The number of hydrogen-bond donors (Lipinski definition) is 0. The molecule has 1 radical (unpaired) electrons. The largest absolute Gasteiger partial charge is 0.299 e. The van der Waals surface area contributed by atoms with Gasteiger partial charge >= 0.3 is 0 Å². The van der Waals surface area contributed by atoms with E-state index in [0.717, 1.165) is 55.4 Å². The minimum atomic E-state index is -0.393. The number of hydrogen-bond acceptors (Lipinski definition) is 5. The van der Waals surface area contributed by atoms with Gasteiger partial charge in [-0.2, -0.15) is 10.00 Å². The molecular formula is C23H29N5OS+. The quantitative estimate of drug-likeness (QED) is 0.541. The Morgan fingerprint density at radius 3 is 2.60 bits per heavy atom. The van der Waals surface area contributed by atoms with Gasteiger partial charge in [-0.05, 0) is 25.1 Å². The molecule has 3 heterocycles. The minimum Gasteiger partial charge on any atom is -0.299 e. The smallest absolute Gasteiger partial charge is 0.227 e. The van der Waals surface area contributed by atoms with Crippen molar-refractivity contribution in [1.29, 1.82) is 0 Å². The number of rotatable bonds is 7. The Labute approximate surface area is 182 Å². The van der Waals surface area contributed by atoms with Gasteiger partial charge in [-0.15, -0.1) is 11.3 Å². The Kier molecular flexibility index (Phi) is 6.29. The molecule has 0 aliphatic carbocycles. The number of carbonyl (C=O) groups is 1. The lowest BCUT2D eigenvalue weighted by Crippen LogP contribution is -2.57. The second-order valence-electron chi connectivity index (χ2n) is 7.85. The number of anilines is 1. The van der Waals surface area contributed by atoms with Crippen LogP contribution in [0.4, 0.5) is 5.69 Å². The van der Waals surface area contributed by atoms with Gasteiger partial charge in [-0.25, -0.2) is 4.98 Å². The molecule has 0 atom stereocenters. The summed E-state index contributed by atoms with van der Waals surface area (Å²) in [7, 11) is 0. The van der Waals surface area contributed by atoms with Gasteiger partial charge in [0, 0.05) is 48.4 Å². The highest BCUT2D eigenvalue weighted by atomic mass is 32.1. The van der Waals surface area contributed by atoms with Crippen LogP contribution in [-0.2, 0) is 16.9 Å². The van der Waals surface area contributed by atoms with E-state index in [1.165, 1.54) is 0 Å². The lowest BCUT2D eigenvalue weighted by atomic mass is 9.85. The highest BCUT2D eigenvalue weighted by Crippen LogP contribution is 2.43. The Hall–Kier alpha value is -2.51. The number of nitrogens with zero attached hydrogens (tertiary/aromatic N) is 5. The van der Waals surface area contributed by atoms with E-state index in [9.17, 15) is 4.79 Å². The van der Waals surface area contributed by atoms with Crippen LogP contribution in [-0.4, -0.2) is 40.3 Å². The van der Waals surface area contributed by atoms with Crippen molar-refractivity contribution < 1.29 is 4.79 Å². The molecule has 2 aromatic heterocycles. The van der Waals surface area contributed by atoms with Crippen molar-refractivity contribution in [3.05, 3.63) is 64.9 Å². The van der Waals surface area contributed by atoms with Crippen LogP contribution in [0.1, 0.15) is 36.9 Å². The average molecular weight is 424 g/mol. The summed E-state index contributed by atoms with van der Waals surface area (Å²) >= 11 is 1.68. The van der Waals surface area contributed by atoms with E-state index in [4.69, 9.17) is 4.98 Å². The number of likely N-dealkylation sites (tertiary alicyclic amines) is 1. The topological polar surface area (TPSA) is 56.9 Å². The van der Waals surface area contributed by atoms with Gasteiger partial charge in [0.1, 0.15) is 30.2 Å². The molecule has 1 amide bonds. The molecule has 157 valence electrons. The zero-order valence-electron chi connectivity index (χ0n) is 17.7. The van der Waals surface area contributed by atoms with Gasteiger partial charge in [-0.1, -0.05) is 25.1 Å². The predicted octanol–water partition coefficient (Wildman–Crippen LogP) is 3.92. The van der Waals surface area contributed by atoms with Crippen LogP contribution in [0, 0.1) is 6.92 Å². The molecule has 0 unspecified atom stereocenters. The third-order valence-corrected chi connectivity index (χ3v) is 7.05. The maximum absolute atomic E-state index is 13.2. The number of piperidine rings is 1. The fourth-order valence-electron chi connectivity index (χ4n) is 4.29. The van der Waals surface area contributed by atoms with Crippen LogP contribution >= 0.6 is 11.3 Å². The SMILES string of the molecule is CCC(=O)N(c1ccccc1)C1(c2nc(C)cs2)CC[N+](CCn2cccn2)CC1. The fraction of sp³-hybridized carbons (Fsp3) is 0.435. The summed E-state index contributed by atoms with van der Waals surface area (Å²) in [5.41, 5.74) is 1.59. The van der Waals surface area contributed by atoms with E-state index in [1.54, 1.807) is 11.3 Å². The van der Waals surface area contributed by atoms with Crippen molar-refractivity contribution in [2.45, 2.75) is 45.2 Å². The van der Waals surface area contributed by atoms with Crippen LogP contribution in [0.3, 0.4) is 0 Å². The summed E-state index contributed by atoms with van der Waals surface area (Å²) in [6.45, 7) is 7.68. The molecule has 7 heteroatoms. The van der Waals surface area contributed by atoms with E-state index >= 15 is 0 Å². The number of para-hydroxylation sites is 1. The predicted molar refractivity (Wildman–Crippen MR) is 121 cm³/mol. The molecule has 0 N–H and O–H groups in total. The summed E-state index contributed by atoms with van der Waals surface area (Å²) < 4.78 is 1.98. The summed E-state index contributed by atoms with van der Waals surface area (Å²) in [4.78, 5) is 22.6. The van der Waals surface area contributed by atoms with Crippen LogP contribution < -0.4 is 9.80 Å². The van der Waals surface area contributed by atoms with Gasteiger partial charge in [-0.3, -0.25) is 14.4 Å². The summed E-state index contributed by atoms with van der Waals surface area (Å²) in [5, 5.41) is 7.46. The maximum atomic E-state index is 13.2. The normalized spacial score (nSPS) is 16.5. The zero-order chi connectivity index (χ0) is 21.0. The lowest BCUT2D eigenvalue weighted by molar-refractivity contribution is -0.120. The monoisotopic (exact) mass is 423 g/mol. The maximum Gasteiger partial charge on any atom is 0.227 e. The van der Waals surface area contributed by atoms with Gasteiger partial charge < -0.3 is 0 Å². The molecule has 1 aromatic carbocycles. The summed E-state index contributed by atoms with van der Waals surface area (Å²) in [6, 6.07) is 12.0. The number of carbonyl (C=O) groups excluding carboxylic acids is 1. The standard InChI is InChI=1S/C23H29N5OS/c1-3-21(29)28(20-8-5-4-6-9-20)23(22-25-19(2)18-30-22)10-14-26(15-11-23)16-17-27-13-7-12-24-27/h4-9,12-13,18H,3,10-11,14-17H2,1-2H3/q+1. The molecule has 0 bridgehead atoms. The summed E-state index contributed by atoms with van der Waals surface area (Å²) in [5.74, 6) is 0.152. The van der Waals surface area contributed by atoms with E-state index in [1.807, 2.05) is 72.2 Å². The van der Waals surface area contributed by atoms with Gasteiger partial charge in [0.15, 0.2) is 0 Å². The Morgan fingerprint density at radius 1 is 1.23 bits per heavy atom. The molecular weight excluding hydrogens is 394 g/mol. The van der Waals surface area contributed by atoms with Crippen LogP contribution in [0.15, 0.2) is 54.2 Å². The molecule has 4 rings (SSSR count). The molecule has 1 aliphatic heterocycles. The summed E-state index contributed by atoms with van der Waals surface area (Å²) in [6.07, 6.45) is 6.05. The minimum absolute atomic E-state index is 0.152. The number of aromatic nitrogens is 3. The van der Waals surface area contributed by atoms with Gasteiger partial charge in [0.05, 0.1) is 6.54 Å². The third-order valence-electron chi connectivity index (χ3n) is 5.90. The second kappa shape index (κ2) is 9.10. The molecule has 30 heavy (non-hydrogen) atoms. The Balaban J connectivity index is 1.62. The van der Waals surface area contributed by atoms with Gasteiger partial charge in [0.25, 0.3) is 0 Å². The van der Waals surface area contributed by atoms with E-state index in [-0.39, 0.29) is 5.91 Å². The van der Waals surface area contributed by atoms with Crippen molar-refractivity contribution in [2.24, 2.45) is 0 Å². The number of thiazole rings is 1. The van der Waals surface area contributed by atoms with E-state index < -0.39 is 5.54 Å². The van der Waals surface area contributed by atoms with E-state index in [2.05, 4.69) is 15.4 Å². The molecule has 1 saturated heterocycles. The van der Waals surface area contributed by atoms with Gasteiger partial charge in [0.2, 0.25) is 5.91 Å². The number of aryl methyl sites for hydroxylation is 1. The first-order valence-electron chi connectivity index (χ1n) is 10.6. The fourth-order valence-corrected chi connectivity index (χ4v) is 5.34. The molecule has 0 spiro atoms. The molecule has 6 nitrogen and oxygen atoms in total. The third kappa shape index (κ3) is 4.18. The average Bonchev–Trinajstić information content (AvgIpc) is 3.46. The van der Waals surface area contributed by atoms with Crippen LogP contribution in [0.5, 0.6) is 0 Å². The first kappa shape index (κ1) is 20.8. The first-order chi connectivity index (χ1) is 14.6. The van der Waals surface area contributed by atoms with Crippen molar-refractivity contribution in [3.63, 3.8) is 0 Å². The van der Waals surface area contributed by atoms with Crippen LogP contribution in [0.25, 0.3) is 0 Å². The molecule has 1 aliphatic rings. The van der Waals surface area contributed by atoms with Crippen molar-refractivity contribution in [2.75, 3.05) is 24.5 Å². The molecule has 1 fully saturated rings. The van der Waals surface area contributed by atoms with Crippen LogP contribution in [0.2, 0.25) is 0 Å². The molecule has 3 aromatic rings. The Bertz CT molecular complexity index is 945. The van der Waals surface area contributed by atoms with Crippen molar-refractivity contribution in [3.8, 4) is 0 Å². The second-order valence-corrected chi connectivity index (χ2v) is 8.71. The molecule has 0 saturated carbocycles. The highest BCUT2D eigenvalue weighted by molar-refractivity contribution is 7.09. The van der Waals surface area contributed by atoms with E-state index in [0.29, 0.717) is 6.42 Å². The van der Waals surface area contributed by atoms with Crippen molar-refractivity contribution >= 4 is 22.9 Å². The van der Waals surface area contributed by atoms with Crippen molar-refractivity contribution in [1.82, 2.24) is 19.7 Å². The number of amides is 1. The number of benzene rings is 1.